The van der Waals surface area contributed by atoms with Crippen LogP contribution < -0.4 is 10.1 Å². The van der Waals surface area contributed by atoms with Gasteiger partial charge >= 0.3 is 5.97 Å². The molecule has 1 aliphatic rings. The molecular weight excluding hydrogens is 301 g/mol. The summed E-state index contributed by atoms with van der Waals surface area (Å²) in [7, 11) is 1.41. The molecule has 0 unspecified atom stereocenters. The summed E-state index contributed by atoms with van der Waals surface area (Å²) in [5, 5.41) is 12.9. The molecule has 1 saturated carbocycles. The lowest BCUT2D eigenvalue weighted by molar-refractivity contribution is -0.142. The summed E-state index contributed by atoms with van der Waals surface area (Å²) in [6.45, 7) is 0. The number of aliphatic carboxylic acids is 1. The minimum Gasteiger partial charge on any atom is -0.494 e. The number of rotatable bonds is 4. The first-order valence-electron chi connectivity index (χ1n) is 7.56. The van der Waals surface area contributed by atoms with Gasteiger partial charge in [0.05, 0.1) is 13.0 Å². The van der Waals surface area contributed by atoms with Crippen molar-refractivity contribution in [2.24, 2.45) is 5.92 Å². The fourth-order valence-electron chi connectivity index (χ4n) is 3.03. The number of benzene rings is 1. The van der Waals surface area contributed by atoms with Crippen LogP contribution in [0.1, 0.15) is 25.7 Å². The van der Waals surface area contributed by atoms with E-state index in [0.717, 1.165) is 12.8 Å². The summed E-state index contributed by atoms with van der Waals surface area (Å²) < 4.78 is 19.2. The van der Waals surface area contributed by atoms with E-state index in [9.17, 15) is 9.18 Å². The lowest BCUT2D eigenvalue weighted by atomic mass is 9.86. The van der Waals surface area contributed by atoms with Crippen LogP contribution in [0, 0.1) is 11.7 Å². The van der Waals surface area contributed by atoms with Gasteiger partial charge in [-0.05, 0) is 37.8 Å². The van der Waals surface area contributed by atoms with Crippen molar-refractivity contribution in [1.82, 2.24) is 9.97 Å². The van der Waals surface area contributed by atoms with Gasteiger partial charge in [0, 0.05) is 11.4 Å². The molecule has 0 atom stereocenters. The van der Waals surface area contributed by atoms with E-state index in [0.29, 0.717) is 24.0 Å². The number of carbonyl (C=O) groups is 1. The number of hydrogen-bond donors (Lipinski definition) is 2. The molecule has 23 heavy (non-hydrogen) atoms. The number of halogens is 1. The van der Waals surface area contributed by atoms with Crippen LogP contribution in [0.3, 0.4) is 0 Å². The average molecular weight is 319 g/mol. The standard InChI is InChI=1S/C16H18FN3O3/c1-23-12-7-6-11-14(13(12)17)18-8-19-15(11)20-10-4-2-9(3-5-10)16(21)22/h6-10H,2-5H2,1H3,(H,21,22)(H,18,19,20). The smallest absolute Gasteiger partial charge is 0.306 e. The van der Waals surface area contributed by atoms with E-state index in [1.165, 1.54) is 13.4 Å². The fraction of sp³-hybridized carbons (Fsp3) is 0.438. The van der Waals surface area contributed by atoms with Gasteiger partial charge < -0.3 is 15.2 Å². The fourth-order valence-corrected chi connectivity index (χ4v) is 3.03. The number of carboxylic acids is 1. The van der Waals surface area contributed by atoms with Gasteiger partial charge in [-0.15, -0.1) is 0 Å². The van der Waals surface area contributed by atoms with Crippen molar-refractivity contribution >= 4 is 22.7 Å². The molecule has 3 rings (SSSR count). The molecule has 0 bridgehead atoms. The van der Waals surface area contributed by atoms with E-state index in [-0.39, 0.29) is 23.2 Å². The molecule has 1 aromatic carbocycles. The molecule has 7 heteroatoms. The molecule has 1 aliphatic carbocycles. The van der Waals surface area contributed by atoms with Crippen molar-refractivity contribution in [2.75, 3.05) is 12.4 Å². The molecule has 1 aromatic heterocycles. The van der Waals surface area contributed by atoms with Crippen LogP contribution in [0.4, 0.5) is 10.2 Å². The summed E-state index contributed by atoms with van der Waals surface area (Å²) in [5.74, 6) is -0.800. The predicted octanol–water partition coefficient (Wildman–Crippen LogP) is 2.83. The Labute approximate surface area is 132 Å². The van der Waals surface area contributed by atoms with Gasteiger partial charge in [-0.25, -0.2) is 14.4 Å². The highest BCUT2D eigenvalue weighted by molar-refractivity contribution is 5.90. The van der Waals surface area contributed by atoms with Crippen molar-refractivity contribution in [1.29, 1.82) is 0 Å². The van der Waals surface area contributed by atoms with Gasteiger partial charge in [-0.1, -0.05) is 0 Å². The molecule has 0 aliphatic heterocycles. The number of nitrogens with zero attached hydrogens (tertiary/aromatic N) is 2. The topological polar surface area (TPSA) is 84.3 Å². The zero-order chi connectivity index (χ0) is 16.4. The monoisotopic (exact) mass is 319 g/mol. The van der Waals surface area contributed by atoms with Gasteiger partial charge in [-0.2, -0.15) is 0 Å². The number of anilines is 1. The summed E-state index contributed by atoms with van der Waals surface area (Å²) in [6.07, 6.45) is 4.09. The van der Waals surface area contributed by atoms with Crippen LogP contribution in [0.5, 0.6) is 5.75 Å². The van der Waals surface area contributed by atoms with Crippen LogP contribution in [0.2, 0.25) is 0 Å². The third kappa shape index (κ3) is 3.04. The van der Waals surface area contributed by atoms with Crippen LogP contribution in [-0.2, 0) is 4.79 Å². The van der Waals surface area contributed by atoms with E-state index >= 15 is 0 Å². The zero-order valence-corrected chi connectivity index (χ0v) is 12.8. The number of hydrogen-bond acceptors (Lipinski definition) is 5. The Morgan fingerprint density at radius 3 is 2.70 bits per heavy atom. The number of aromatic nitrogens is 2. The SMILES string of the molecule is COc1ccc2c(NC3CCC(C(=O)O)CC3)ncnc2c1F. The van der Waals surface area contributed by atoms with Crippen LogP contribution in [-0.4, -0.2) is 34.2 Å². The first kappa shape index (κ1) is 15.5. The summed E-state index contributed by atoms with van der Waals surface area (Å²) >= 11 is 0. The number of fused-ring (bicyclic) bond motifs is 1. The molecular formula is C16H18FN3O3. The van der Waals surface area contributed by atoms with Crippen molar-refractivity contribution in [2.45, 2.75) is 31.7 Å². The molecule has 122 valence electrons. The highest BCUT2D eigenvalue weighted by atomic mass is 19.1. The van der Waals surface area contributed by atoms with Crippen molar-refractivity contribution in [3.63, 3.8) is 0 Å². The number of ether oxygens (including phenoxy) is 1. The average Bonchev–Trinajstić information content (AvgIpc) is 2.56. The van der Waals surface area contributed by atoms with Gasteiger partial charge in [0.2, 0.25) is 0 Å². The Morgan fingerprint density at radius 2 is 2.04 bits per heavy atom. The van der Waals surface area contributed by atoms with E-state index in [1.54, 1.807) is 12.1 Å². The second kappa shape index (κ2) is 6.36. The van der Waals surface area contributed by atoms with E-state index in [4.69, 9.17) is 9.84 Å². The van der Waals surface area contributed by atoms with Gasteiger partial charge in [0.25, 0.3) is 0 Å². The molecule has 2 N–H and O–H groups in total. The third-order valence-corrected chi connectivity index (χ3v) is 4.35. The molecule has 0 radical (unpaired) electrons. The first-order chi connectivity index (χ1) is 11.1. The van der Waals surface area contributed by atoms with Gasteiger partial charge in [0.15, 0.2) is 11.6 Å². The molecule has 0 spiro atoms. The Morgan fingerprint density at radius 1 is 1.30 bits per heavy atom. The Balaban J connectivity index is 1.81. The molecule has 1 fully saturated rings. The summed E-state index contributed by atoms with van der Waals surface area (Å²) in [4.78, 5) is 19.2. The van der Waals surface area contributed by atoms with Crippen LogP contribution in [0.25, 0.3) is 10.9 Å². The first-order valence-corrected chi connectivity index (χ1v) is 7.56. The predicted molar refractivity (Wildman–Crippen MR) is 83.1 cm³/mol. The molecule has 0 saturated heterocycles. The van der Waals surface area contributed by atoms with E-state index in [1.807, 2.05) is 0 Å². The molecule has 0 amide bonds. The van der Waals surface area contributed by atoms with Crippen LogP contribution >= 0.6 is 0 Å². The molecule has 1 heterocycles. The third-order valence-electron chi connectivity index (χ3n) is 4.35. The van der Waals surface area contributed by atoms with E-state index < -0.39 is 11.8 Å². The Bertz CT molecular complexity index is 730. The number of nitrogens with one attached hydrogen (secondary N) is 1. The normalized spacial score (nSPS) is 21.1. The Hall–Kier alpha value is -2.44. The second-order valence-electron chi connectivity index (χ2n) is 5.73. The van der Waals surface area contributed by atoms with Crippen molar-refractivity contribution in [3.05, 3.63) is 24.3 Å². The lowest BCUT2D eigenvalue weighted by Gasteiger charge is -2.27. The minimum absolute atomic E-state index is 0.133. The van der Waals surface area contributed by atoms with Gasteiger partial charge in [-0.3, -0.25) is 4.79 Å². The lowest BCUT2D eigenvalue weighted by Crippen LogP contribution is -2.29. The molecule has 2 aromatic rings. The molecule has 6 nitrogen and oxygen atoms in total. The van der Waals surface area contributed by atoms with Crippen molar-refractivity contribution < 1.29 is 19.0 Å². The van der Waals surface area contributed by atoms with Crippen LogP contribution in [0.15, 0.2) is 18.5 Å². The maximum absolute atomic E-state index is 14.3. The highest BCUT2D eigenvalue weighted by Crippen LogP contribution is 2.31. The highest BCUT2D eigenvalue weighted by Gasteiger charge is 2.26. The largest absolute Gasteiger partial charge is 0.494 e. The number of carboxylic acid groups (broad SMARTS) is 1. The zero-order valence-electron chi connectivity index (χ0n) is 12.8. The van der Waals surface area contributed by atoms with E-state index in [2.05, 4.69) is 15.3 Å². The number of methoxy groups -OCH3 is 1. The maximum Gasteiger partial charge on any atom is 0.306 e. The maximum atomic E-state index is 14.3. The van der Waals surface area contributed by atoms with Gasteiger partial charge in [0.1, 0.15) is 17.7 Å². The Kier molecular flexibility index (Phi) is 4.27. The summed E-state index contributed by atoms with van der Waals surface area (Å²) in [5.41, 5.74) is 0.209. The second-order valence-corrected chi connectivity index (χ2v) is 5.73. The van der Waals surface area contributed by atoms with Crippen molar-refractivity contribution in [3.8, 4) is 5.75 Å². The quantitative estimate of drug-likeness (QED) is 0.901. The minimum atomic E-state index is -0.731. The summed E-state index contributed by atoms with van der Waals surface area (Å²) in [6, 6.07) is 3.41.